The molecule has 0 aromatic heterocycles. The standard InChI is InChI=1S/C12H15BrN2O/c1-3-12(2,8-16)15-11-6-10(13)5-4-9(11)7-14/h4-6,15-16H,3,8H2,1-2H3. The maximum absolute atomic E-state index is 9.32. The molecule has 0 fully saturated rings. The van der Waals surface area contributed by atoms with Crippen LogP contribution in [-0.2, 0) is 0 Å². The first-order chi connectivity index (χ1) is 7.54. The van der Waals surface area contributed by atoms with E-state index in [1.165, 1.54) is 0 Å². The van der Waals surface area contributed by atoms with Crippen LogP contribution in [0.15, 0.2) is 22.7 Å². The lowest BCUT2D eigenvalue weighted by atomic mass is 9.99. The largest absolute Gasteiger partial charge is 0.394 e. The Morgan fingerprint density at radius 2 is 2.25 bits per heavy atom. The molecule has 1 atom stereocenters. The van der Waals surface area contributed by atoms with Gasteiger partial charge in [-0.25, -0.2) is 0 Å². The lowest BCUT2D eigenvalue weighted by molar-refractivity contribution is 0.219. The van der Waals surface area contributed by atoms with E-state index in [1.807, 2.05) is 26.0 Å². The maximum atomic E-state index is 9.32. The van der Waals surface area contributed by atoms with Crippen LogP contribution in [0.3, 0.4) is 0 Å². The minimum absolute atomic E-state index is 0.0287. The Morgan fingerprint density at radius 1 is 1.56 bits per heavy atom. The molecule has 0 heterocycles. The molecule has 2 N–H and O–H groups in total. The highest BCUT2D eigenvalue weighted by molar-refractivity contribution is 9.10. The van der Waals surface area contributed by atoms with Gasteiger partial charge in [0.2, 0.25) is 0 Å². The first-order valence-electron chi connectivity index (χ1n) is 5.13. The molecule has 0 bridgehead atoms. The molecule has 0 saturated carbocycles. The molecule has 0 aliphatic carbocycles. The van der Waals surface area contributed by atoms with Crippen molar-refractivity contribution >= 4 is 21.6 Å². The van der Waals surface area contributed by atoms with Crippen LogP contribution >= 0.6 is 15.9 Å². The number of hydrogen-bond acceptors (Lipinski definition) is 3. The number of halogens is 1. The van der Waals surface area contributed by atoms with Gasteiger partial charge in [0, 0.05) is 4.47 Å². The quantitative estimate of drug-likeness (QED) is 0.893. The van der Waals surface area contributed by atoms with E-state index in [1.54, 1.807) is 6.07 Å². The number of anilines is 1. The molecule has 0 saturated heterocycles. The van der Waals surface area contributed by atoms with Crippen LogP contribution in [0.25, 0.3) is 0 Å². The Kier molecular flexibility index (Phi) is 4.34. The van der Waals surface area contributed by atoms with E-state index < -0.39 is 5.54 Å². The van der Waals surface area contributed by atoms with Gasteiger partial charge in [-0.3, -0.25) is 0 Å². The summed E-state index contributed by atoms with van der Waals surface area (Å²) < 4.78 is 0.908. The lowest BCUT2D eigenvalue weighted by Crippen LogP contribution is -2.38. The summed E-state index contributed by atoms with van der Waals surface area (Å²) in [6.07, 6.45) is 0.779. The number of hydrogen-bond donors (Lipinski definition) is 2. The van der Waals surface area contributed by atoms with Crippen LogP contribution in [-0.4, -0.2) is 17.3 Å². The summed E-state index contributed by atoms with van der Waals surface area (Å²) >= 11 is 3.36. The third-order valence-electron chi connectivity index (χ3n) is 2.67. The molecule has 16 heavy (non-hydrogen) atoms. The minimum atomic E-state index is -0.396. The number of aliphatic hydroxyl groups is 1. The molecule has 0 aliphatic heterocycles. The number of benzene rings is 1. The second-order valence-electron chi connectivity index (χ2n) is 4.00. The number of nitriles is 1. The Bertz CT molecular complexity index is 408. The maximum Gasteiger partial charge on any atom is 0.101 e. The van der Waals surface area contributed by atoms with Gasteiger partial charge in [0.05, 0.1) is 23.4 Å². The van der Waals surface area contributed by atoms with Gasteiger partial charge in [-0.15, -0.1) is 0 Å². The van der Waals surface area contributed by atoms with E-state index in [2.05, 4.69) is 27.3 Å². The van der Waals surface area contributed by atoms with Gasteiger partial charge in [-0.1, -0.05) is 22.9 Å². The van der Waals surface area contributed by atoms with Gasteiger partial charge in [0.15, 0.2) is 0 Å². The topological polar surface area (TPSA) is 56.0 Å². The first-order valence-corrected chi connectivity index (χ1v) is 5.92. The van der Waals surface area contributed by atoms with Gasteiger partial charge in [-0.2, -0.15) is 5.26 Å². The zero-order valence-electron chi connectivity index (χ0n) is 9.42. The molecule has 1 aromatic rings. The van der Waals surface area contributed by atoms with Crippen molar-refractivity contribution < 1.29 is 5.11 Å². The predicted octanol–water partition coefficient (Wildman–Crippen LogP) is 2.89. The van der Waals surface area contributed by atoms with Crippen molar-refractivity contribution in [1.29, 1.82) is 5.26 Å². The van der Waals surface area contributed by atoms with Crippen molar-refractivity contribution in [2.24, 2.45) is 0 Å². The van der Waals surface area contributed by atoms with Crippen molar-refractivity contribution in [3.8, 4) is 6.07 Å². The molecule has 3 nitrogen and oxygen atoms in total. The van der Waals surface area contributed by atoms with E-state index >= 15 is 0 Å². The summed E-state index contributed by atoms with van der Waals surface area (Å²) in [4.78, 5) is 0. The van der Waals surface area contributed by atoms with Gasteiger partial charge >= 0.3 is 0 Å². The smallest absolute Gasteiger partial charge is 0.101 e. The van der Waals surface area contributed by atoms with Gasteiger partial charge in [0.1, 0.15) is 6.07 Å². The molecule has 0 spiro atoms. The second-order valence-corrected chi connectivity index (χ2v) is 4.91. The molecule has 0 radical (unpaired) electrons. The van der Waals surface area contributed by atoms with Crippen molar-refractivity contribution in [3.63, 3.8) is 0 Å². The SMILES string of the molecule is CCC(C)(CO)Nc1cc(Br)ccc1C#N. The zero-order chi connectivity index (χ0) is 12.2. The van der Waals surface area contributed by atoms with Crippen molar-refractivity contribution in [2.75, 3.05) is 11.9 Å². The molecule has 1 unspecified atom stereocenters. The summed E-state index contributed by atoms with van der Waals surface area (Å²) in [5.74, 6) is 0. The Labute approximate surface area is 104 Å². The van der Waals surface area contributed by atoms with E-state index in [0.717, 1.165) is 16.6 Å². The van der Waals surface area contributed by atoms with Gasteiger partial charge in [0.25, 0.3) is 0 Å². The van der Waals surface area contributed by atoms with Crippen LogP contribution in [0.4, 0.5) is 5.69 Å². The average Bonchev–Trinajstić information content (AvgIpc) is 2.29. The number of nitrogens with zero attached hydrogens (tertiary/aromatic N) is 1. The third kappa shape index (κ3) is 2.97. The van der Waals surface area contributed by atoms with Crippen LogP contribution in [0.5, 0.6) is 0 Å². The fraction of sp³-hybridized carbons (Fsp3) is 0.417. The Balaban J connectivity index is 3.05. The highest BCUT2D eigenvalue weighted by Gasteiger charge is 2.21. The molecule has 4 heteroatoms. The first kappa shape index (κ1) is 13.0. The lowest BCUT2D eigenvalue weighted by Gasteiger charge is -2.29. The third-order valence-corrected chi connectivity index (χ3v) is 3.16. The monoisotopic (exact) mass is 282 g/mol. The van der Waals surface area contributed by atoms with E-state index in [9.17, 15) is 5.11 Å². The van der Waals surface area contributed by atoms with Crippen LogP contribution < -0.4 is 5.32 Å². The van der Waals surface area contributed by atoms with Gasteiger partial charge < -0.3 is 10.4 Å². The molecule has 1 rings (SSSR count). The fourth-order valence-electron chi connectivity index (χ4n) is 1.28. The van der Waals surface area contributed by atoms with Crippen molar-refractivity contribution in [2.45, 2.75) is 25.8 Å². The molecule has 1 aromatic carbocycles. The summed E-state index contributed by atoms with van der Waals surface area (Å²) in [7, 11) is 0. The Morgan fingerprint density at radius 3 is 2.75 bits per heavy atom. The molecule has 86 valence electrons. The Hall–Kier alpha value is -1.05. The summed E-state index contributed by atoms with van der Waals surface area (Å²) in [6.45, 7) is 3.95. The summed E-state index contributed by atoms with van der Waals surface area (Å²) in [5, 5.41) is 21.5. The van der Waals surface area contributed by atoms with E-state index in [-0.39, 0.29) is 6.61 Å². The van der Waals surface area contributed by atoms with E-state index in [4.69, 9.17) is 5.26 Å². The predicted molar refractivity (Wildman–Crippen MR) is 68.3 cm³/mol. The second kappa shape index (κ2) is 5.33. The van der Waals surface area contributed by atoms with Crippen molar-refractivity contribution in [3.05, 3.63) is 28.2 Å². The zero-order valence-corrected chi connectivity index (χ0v) is 11.0. The molecule has 0 amide bonds. The van der Waals surface area contributed by atoms with Crippen LogP contribution in [0, 0.1) is 11.3 Å². The van der Waals surface area contributed by atoms with Gasteiger partial charge in [-0.05, 0) is 31.5 Å². The summed E-state index contributed by atoms with van der Waals surface area (Å²) in [5.41, 5.74) is 0.929. The van der Waals surface area contributed by atoms with Crippen molar-refractivity contribution in [1.82, 2.24) is 0 Å². The average molecular weight is 283 g/mol. The minimum Gasteiger partial charge on any atom is -0.394 e. The highest BCUT2D eigenvalue weighted by atomic mass is 79.9. The van der Waals surface area contributed by atoms with E-state index in [0.29, 0.717) is 5.56 Å². The number of nitrogens with one attached hydrogen (secondary N) is 1. The summed E-state index contributed by atoms with van der Waals surface area (Å²) in [6, 6.07) is 7.55. The fourth-order valence-corrected chi connectivity index (χ4v) is 1.64. The normalized spacial score (nSPS) is 13.9. The van der Waals surface area contributed by atoms with Crippen LogP contribution in [0.1, 0.15) is 25.8 Å². The molecular weight excluding hydrogens is 268 g/mol. The molecule has 0 aliphatic rings. The highest BCUT2D eigenvalue weighted by Crippen LogP contribution is 2.25. The van der Waals surface area contributed by atoms with Crippen LogP contribution in [0.2, 0.25) is 0 Å². The molecular formula is C12H15BrN2O. The number of rotatable bonds is 4. The number of aliphatic hydroxyl groups excluding tert-OH is 1.